The molecule has 162 valence electrons. The van der Waals surface area contributed by atoms with Crippen LogP contribution in [0.5, 0.6) is 0 Å². The van der Waals surface area contributed by atoms with Crippen LogP contribution in [0.15, 0.2) is 54.6 Å². The van der Waals surface area contributed by atoms with E-state index in [2.05, 4.69) is 59.4 Å². The average Bonchev–Trinajstić information content (AvgIpc) is 2.76. The molecule has 1 aliphatic heterocycles. The number of rotatable bonds is 11. The van der Waals surface area contributed by atoms with Gasteiger partial charge in [-0.3, -0.25) is 0 Å². The van der Waals surface area contributed by atoms with Crippen molar-refractivity contribution < 1.29 is 9.47 Å². The maximum atomic E-state index is 6.69. The summed E-state index contributed by atoms with van der Waals surface area (Å²) in [4.78, 5) is 0. The zero-order valence-electron chi connectivity index (χ0n) is 19.4. The van der Waals surface area contributed by atoms with Gasteiger partial charge in [0.05, 0.1) is 11.2 Å². The molecule has 2 nitrogen and oxygen atoms in total. The van der Waals surface area contributed by atoms with Gasteiger partial charge in [-0.15, -0.1) is 6.58 Å². The van der Waals surface area contributed by atoms with E-state index >= 15 is 0 Å². The van der Waals surface area contributed by atoms with Crippen LogP contribution in [-0.4, -0.2) is 11.2 Å². The summed E-state index contributed by atoms with van der Waals surface area (Å²) in [5.41, 5.74) is 1.83. The van der Waals surface area contributed by atoms with E-state index in [1.54, 1.807) is 0 Å². The van der Waals surface area contributed by atoms with Gasteiger partial charge < -0.3 is 9.47 Å². The van der Waals surface area contributed by atoms with Crippen molar-refractivity contribution in [1.82, 2.24) is 0 Å². The monoisotopic (exact) mass is 398 g/mol. The summed E-state index contributed by atoms with van der Waals surface area (Å²) in [6.45, 7) is 15.4. The van der Waals surface area contributed by atoms with Crippen LogP contribution in [0.25, 0.3) is 0 Å². The van der Waals surface area contributed by atoms with E-state index in [-0.39, 0.29) is 17.5 Å². The van der Waals surface area contributed by atoms with Gasteiger partial charge in [0.2, 0.25) is 0 Å². The Bertz CT molecular complexity index is 650. The van der Waals surface area contributed by atoms with Gasteiger partial charge in [-0.25, -0.2) is 0 Å². The second kappa shape index (κ2) is 11.1. The lowest BCUT2D eigenvalue weighted by molar-refractivity contribution is -0.298. The fourth-order valence-corrected chi connectivity index (χ4v) is 4.56. The van der Waals surface area contributed by atoms with Crippen LogP contribution in [0.2, 0.25) is 0 Å². The molecule has 0 N–H and O–H groups in total. The number of benzene rings is 1. The van der Waals surface area contributed by atoms with Crippen LogP contribution in [-0.2, 0) is 9.47 Å². The number of hydrogen-bond donors (Lipinski definition) is 0. The minimum absolute atomic E-state index is 0.323. The van der Waals surface area contributed by atoms with Crippen molar-refractivity contribution in [2.45, 2.75) is 103 Å². The van der Waals surface area contributed by atoms with E-state index in [1.807, 2.05) is 24.3 Å². The highest BCUT2D eigenvalue weighted by Gasteiger charge is 2.46. The van der Waals surface area contributed by atoms with Crippen LogP contribution >= 0.6 is 0 Å². The highest BCUT2D eigenvalue weighted by molar-refractivity contribution is 5.21. The van der Waals surface area contributed by atoms with Gasteiger partial charge in [-0.2, -0.15) is 0 Å². The van der Waals surface area contributed by atoms with Crippen LogP contribution in [0.3, 0.4) is 0 Å². The molecule has 1 aliphatic rings. The minimum Gasteiger partial charge on any atom is -0.338 e. The molecule has 0 unspecified atom stereocenters. The molecule has 0 saturated carbocycles. The summed E-state index contributed by atoms with van der Waals surface area (Å²) in [6.07, 6.45) is 13.0. The predicted molar refractivity (Wildman–Crippen MR) is 124 cm³/mol. The Hall–Kier alpha value is -1.38. The number of allylic oxidation sites excluding steroid dienone is 1. The topological polar surface area (TPSA) is 18.5 Å². The highest BCUT2D eigenvalue weighted by Crippen LogP contribution is 2.46. The standard InChI is InChI=1S/C27H42O2/c1-7-12-16-23(8-2)19-22(6)20-27(11-5)21-26(9-3,10-4)28-25(29-27)24-17-14-13-15-18-24/h9,13-15,17-18,20,23,25H,3,7-8,10-12,16,19,21H2,1-2,4-6H3/b22-20+/t23-,25+,26-,27-/m0/s1. The lowest BCUT2D eigenvalue weighted by Crippen LogP contribution is -2.49. The largest absolute Gasteiger partial charge is 0.338 e. The minimum atomic E-state index is -0.367. The summed E-state index contributed by atoms with van der Waals surface area (Å²) in [5.74, 6) is 0.764. The molecule has 1 heterocycles. The Morgan fingerprint density at radius 3 is 2.31 bits per heavy atom. The third-order valence-corrected chi connectivity index (χ3v) is 6.59. The highest BCUT2D eigenvalue weighted by atomic mass is 16.7. The molecule has 0 aromatic heterocycles. The van der Waals surface area contributed by atoms with Crippen LogP contribution in [0, 0.1) is 5.92 Å². The van der Waals surface area contributed by atoms with Crippen molar-refractivity contribution in [1.29, 1.82) is 0 Å². The predicted octanol–water partition coefficient (Wildman–Crippen LogP) is 8.16. The quantitative estimate of drug-likeness (QED) is 0.350. The van der Waals surface area contributed by atoms with E-state index in [4.69, 9.17) is 9.47 Å². The van der Waals surface area contributed by atoms with Gasteiger partial charge >= 0.3 is 0 Å². The van der Waals surface area contributed by atoms with Gasteiger partial charge in [-0.05, 0) is 32.1 Å². The first-order valence-electron chi connectivity index (χ1n) is 11.7. The zero-order chi connectivity index (χ0) is 21.3. The van der Waals surface area contributed by atoms with Gasteiger partial charge in [0.25, 0.3) is 0 Å². The van der Waals surface area contributed by atoms with Crippen molar-refractivity contribution in [2.75, 3.05) is 0 Å². The lowest BCUT2D eigenvalue weighted by Gasteiger charge is -2.48. The fraction of sp³-hybridized carbons (Fsp3) is 0.630. The van der Waals surface area contributed by atoms with Crippen LogP contribution in [0.4, 0.5) is 0 Å². The molecule has 2 heteroatoms. The van der Waals surface area contributed by atoms with E-state index in [9.17, 15) is 0 Å². The molecule has 0 amide bonds. The molecule has 1 aromatic carbocycles. The number of ether oxygens (including phenoxy) is 2. The summed E-state index contributed by atoms with van der Waals surface area (Å²) in [6, 6.07) is 10.3. The first-order chi connectivity index (χ1) is 13.9. The Labute approximate surface area is 179 Å². The molecule has 4 atom stereocenters. The van der Waals surface area contributed by atoms with Crippen molar-refractivity contribution >= 4 is 0 Å². The number of unbranched alkanes of at least 4 members (excludes halogenated alkanes) is 1. The zero-order valence-corrected chi connectivity index (χ0v) is 19.4. The van der Waals surface area contributed by atoms with E-state index < -0.39 is 0 Å². The molecule has 0 aliphatic carbocycles. The molecule has 1 aromatic rings. The molecule has 0 spiro atoms. The first kappa shape index (κ1) is 23.9. The molecule has 0 bridgehead atoms. The maximum absolute atomic E-state index is 6.69. The van der Waals surface area contributed by atoms with Crippen molar-refractivity contribution in [3.8, 4) is 0 Å². The second-order valence-corrected chi connectivity index (χ2v) is 8.81. The summed E-state index contributed by atoms with van der Waals surface area (Å²) in [5, 5.41) is 0. The third kappa shape index (κ3) is 6.30. The van der Waals surface area contributed by atoms with Gasteiger partial charge in [0.15, 0.2) is 6.29 Å². The van der Waals surface area contributed by atoms with Crippen molar-refractivity contribution in [3.63, 3.8) is 0 Å². The van der Waals surface area contributed by atoms with Crippen molar-refractivity contribution in [3.05, 3.63) is 60.2 Å². The molecule has 0 radical (unpaired) electrons. The van der Waals surface area contributed by atoms with Gasteiger partial charge in [0.1, 0.15) is 0 Å². The van der Waals surface area contributed by atoms with E-state index in [1.165, 1.54) is 31.3 Å². The summed E-state index contributed by atoms with van der Waals surface area (Å²) in [7, 11) is 0. The molecular formula is C27H42O2. The maximum Gasteiger partial charge on any atom is 0.185 e. The lowest BCUT2D eigenvalue weighted by atomic mass is 9.79. The van der Waals surface area contributed by atoms with E-state index in [0.29, 0.717) is 0 Å². The van der Waals surface area contributed by atoms with Crippen molar-refractivity contribution in [2.24, 2.45) is 5.92 Å². The first-order valence-corrected chi connectivity index (χ1v) is 11.7. The smallest absolute Gasteiger partial charge is 0.185 e. The Kier molecular flexibility index (Phi) is 9.17. The summed E-state index contributed by atoms with van der Waals surface area (Å²) >= 11 is 0. The molecule has 2 rings (SSSR count). The second-order valence-electron chi connectivity index (χ2n) is 8.81. The fourth-order valence-electron chi connectivity index (χ4n) is 4.56. The van der Waals surface area contributed by atoms with Gasteiger partial charge in [0, 0.05) is 12.0 Å². The van der Waals surface area contributed by atoms with Crippen LogP contribution in [0.1, 0.15) is 97.8 Å². The molecule has 1 fully saturated rings. The average molecular weight is 399 g/mol. The van der Waals surface area contributed by atoms with Gasteiger partial charge in [-0.1, -0.05) is 101 Å². The van der Waals surface area contributed by atoms with Crippen LogP contribution < -0.4 is 0 Å². The molecule has 1 saturated heterocycles. The summed E-state index contributed by atoms with van der Waals surface area (Å²) < 4.78 is 13.2. The van der Waals surface area contributed by atoms with E-state index in [0.717, 1.165) is 37.2 Å². The molecular weight excluding hydrogens is 356 g/mol. The Morgan fingerprint density at radius 1 is 1.10 bits per heavy atom. The molecule has 29 heavy (non-hydrogen) atoms. The third-order valence-electron chi connectivity index (χ3n) is 6.59. The Balaban J connectivity index is 2.32. The Morgan fingerprint density at radius 2 is 1.76 bits per heavy atom. The normalized spacial score (nSPS) is 28.9. The SMILES string of the molecule is C=C[C@]1(CC)C[C@@](/C=C(\C)C[C@@H](CC)CCCC)(CC)O[C@H](c2ccccc2)O1. The number of hydrogen-bond acceptors (Lipinski definition) is 2.